The largest absolute Gasteiger partial charge is 0.385 e. The number of nitrogens with one attached hydrogen (secondary N) is 3. The number of dihydropyridines is 1. The van der Waals surface area contributed by atoms with Crippen molar-refractivity contribution < 1.29 is 9.90 Å². The average molecular weight is 393 g/mol. The molecule has 1 unspecified atom stereocenters. The third kappa shape index (κ3) is 5.91. The molecular formula is C22H27N5O2. The molecule has 0 saturated carbocycles. The Morgan fingerprint density at radius 2 is 1.90 bits per heavy atom. The van der Waals surface area contributed by atoms with Crippen LogP contribution in [0.4, 0.5) is 5.69 Å². The van der Waals surface area contributed by atoms with Crippen LogP contribution >= 0.6 is 0 Å². The number of pyridine rings is 1. The van der Waals surface area contributed by atoms with Crippen molar-refractivity contribution in [2.75, 3.05) is 32.5 Å². The van der Waals surface area contributed by atoms with Gasteiger partial charge in [-0.25, -0.2) is 0 Å². The zero-order valence-corrected chi connectivity index (χ0v) is 16.7. The number of rotatable bonds is 8. The van der Waals surface area contributed by atoms with Gasteiger partial charge in [0.1, 0.15) is 0 Å². The molecule has 7 heteroatoms. The van der Waals surface area contributed by atoms with Crippen LogP contribution in [0.5, 0.6) is 0 Å². The van der Waals surface area contributed by atoms with Crippen molar-refractivity contribution in [2.45, 2.75) is 12.6 Å². The topological polar surface area (TPSA) is 89.5 Å². The standard InChI is InChI=1S/C22H27N5O2/c1-27(2)13-3-10-24-19-6-4-17(5-7-19)21(28)26-20-14-18(15-25-22(20)29)16-8-11-23-12-9-16/h4-9,11-12,14-15,22,24-25,29H,3,10,13H2,1-2H3,(H,26,28). The van der Waals surface area contributed by atoms with Crippen molar-refractivity contribution in [3.63, 3.8) is 0 Å². The maximum absolute atomic E-state index is 12.6. The van der Waals surface area contributed by atoms with Gasteiger partial charge in [0.25, 0.3) is 5.91 Å². The second-order valence-electron chi connectivity index (χ2n) is 7.12. The molecule has 3 rings (SSSR count). The molecular weight excluding hydrogens is 366 g/mol. The monoisotopic (exact) mass is 393 g/mol. The highest BCUT2D eigenvalue weighted by molar-refractivity contribution is 5.96. The van der Waals surface area contributed by atoms with E-state index in [1.165, 1.54) is 0 Å². The molecule has 2 aromatic rings. The maximum atomic E-state index is 12.6. The highest BCUT2D eigenvalue weighted by atomic mass is 16.3. The Morgan fingerprint density at radius 3 is 2.59 bits per heavy atom. The predicted octanol–water partition coefficient (Wildman–Crippen LogP) is 2.02. The highest BCUT2D eigenvalue weighted by Crippen LogP contribution is 2.20. The lowest BCUT2D eigenvalue weighted by atomic mass is 10.0. The van der Waals surface area contributed by atoms with Gasteiger partial charge in [0, 0.05) is 36.4 Å². The fraction of sp³-hybridized carbons (Fsp3) is 0.273. The normalized spacial score (nSPS) is 15.9. The summed E-state index contributed by atoms with van der Waals surface area (Å²) in [6.07, 6.45) is 6.94. The van der Waals surface area contributed by atoms with Gasteiger partial charge in [-0.05, 0) is 80.7 Å². The molecule has 2 heterocycles. The summed E-state index contributed by atoms with van der Waals surface area (Å²) in [5, 5.41) is 19.2. The molecule has 0 bridgehead atoms. The Kier molecular flexibility index (Phi) is 6.99. The zero-order valence-electron chi connectivity index (χ0n) is 16.7. The third-order valence-electron chi connectivity index (χ3n) is 4.53. The molecule has 0 aliphatic carbocycles. The lowest BCUT2D eigenvalue weighted by Crippen LogP contribution is -2.38. The molecule has 7 nitrogen and oxygen atoms in total. The summed E-state index contributed by atoms with van der Waals surface area (Å²) in [5.74, 6) is -0.271. The van der Waals surface area contributed by atoms with E-state index in [2.05, 4.69) is 39.9 Å². The van der Waals surface area contributed by atoms with E-state index in [1.807, 2.05) is 24.3 Å². The number of hydrogen-bond donors (Lipinski definition) is 4. The number of hydrogen-bond acceptors (Lipinski definition) is 6. The number of anilines is 1. The van der Waals surface area contributed by atoms with E-state index in [1.54, 1.807) is 36.8 Å². The van der Waals surface area contributed by atoms with Crippen LogP contribution in [0.3, 0.4) is 0 Å². The first-order valence-corrected chi connectivity index (χ1v) is 9.59. The van der Waals surface area contributed by atoms with Crippen molar-refractivity contribution in [3.8, 4) is 0 Å². The number of amides is 1. The summed E-state index contributed by atoms with van der Waals surface area (Å²) in [7, 11) is 4.11. The first-order chi connectivity index (χ1) is 14.0. The zero-order chi connectivity index (χ0) is 20.6. The molecule has 1 amide bonds. The predicted molar refractivity (Wildman–Crippen MR) is 115 cm³/mol. The molecule has 4 N–H and O–H groups in total. The van der Waals surface area contributed by atoms with Crippen LogP contribution in [-0.4, -0.2) is 54.3 Å². The van der Waals surface area contributed by atoms with Crippen molar-refractivity contribution >= 4 is 17.2 Å². The number of aliphatic hydroxyl groups excluding tert-OH is 1. The Morgan fingerprint density at radius 1 is 1.17 bits per heavy atom. The molecule has 1 atom stereocenters. The first kappa shape index (κ1) is 20.6. The Labute approximate surface area is 171 Å². The lowest BCUT2D eigenvalue weighted by molar-refractivity contribution is 0.0941. The molecule has 1 aromatic carbocycles. The van der Waals surface area contributed by atoms with E-state index in [0.717, 1.165) is 36.3 Å². The van der Waals surface area contributed by atoms with E-state index in [0.29, 0.717) is 11.3 Å². The van der Waals surface area contributed by atoms with Crippen molar-refractivity contribution in [1.29, 1.82) is 0 Å². The number of carbonyl (C=O) groups excluding carboxylic acids is 1. The Balaban J connectivity index is 1.60. The highest BCUT2D eigenvalue weighted by Gasteiger charge is 2.18. The van der Waals surface area contributed by atoms with E-state index >= 15 is 0 Å². The van der Waals surface area contributed by atoms with E-state index in [-0.39, 0.29) is 5.91 Å². The molecule has 1 aromatic heterocycles. The summed E-state index contributed by atoms with van der Waals surface area (Å²) in [6.45, 7) is 1.90. The quantitative estimate of drug-likeness (QED) is 0.513. The minimum Gasteiger partial charge on any atom is -0.385 e. The van der Waals surface area contributed by atoms with E-state index in [9.17, 15) is 9.90 Å². The second kappa shape index (κ2) is 9.86. The molecule has 0 fully saturated rings. The molecule has 152 valence electrons. The van der Waals surface area contributed by atoms with Crippen LogP contribution in [0, 0.1) is 0 Å². The first-order valence-electron chi connectivity index (χ1n) is 9.59. The third-order valence-corrected chi connectivity index (χ3v) is 4.53. The van der Waals surface area contributed by atoms with Crippen molar-refractivity contribution in [1.82, 2.24) is 20.5 Å². The molecule has 0 saturated heterocycles. The van der Waals surface area contributed by atoms with Crippen LogP contribution in [-0.2, 0) is 0 Å². The van der Waals surface area contributed by atoms with Gasteiger partial charge in [-0.3, -0.25) is 9.78 Å². The van der Waals surface area contributed by atoms with Crippen LogP contribution < -0.4 is 16.0 Å². The van der Waals surface area contributed by atoms with E-state index in [4.69, 9.17) is 0 Å². The number of allylic oxidation sites excluding steroid dienone is 2. The smallest absolute Gasteiger partial charge is 0.255 e. The SMILES string of the molecule is CN(C)CCCNc1ccc(C(=O)NC2=CC(c3ccncc3)=CNC2O)cc1. The second-order valence-corrected chi connectivity index (χ2v) is 7.12. The Hall–Kier alpha value is -3.16. The number of nitrogens with zero attached hydrogens (tertiary/aromatic N) is 2. The van der Waals surface area contributed by atoms with E-state index < -0.39 is 6.23 Å². The minimum atomic E-state index is -0.970. The molecule has 1 aliphatic heterocycles. The van der Waals surface area contributed by atoms with Gasteiger partial charge < -0.3 is 26.0 Å². The number of carbonyl (C=O) groups is 1. The van der Waals surface area contributed by atoms with Gasteiger partial charge in [-0.15, -0.1) is 0 Å². The molecule has 29 heavy (non-hydrogen) atoms. The number of aromatic nitrogens is 1. The summed E-state index contributed by atoms with van der Waals surface area (Å²) >= 11 is 0. The minimum absolute atomic E-state index is 0.271. The summed E-state index contributed by atoms with van der Waals surface area (Å²) < 4.78 is 0. The average Bonchev–Trinajstić information content (AvgIpc) is 2.73. The van der Waals surface area contributed by atoms with Gasteiger partial charge in [0.05, 0.1) is 5.70 Å². The van der Waals surface area contributed by atoms with Gasteiger partial charge in [-0.2, -0.15) is 0 Å². The molecule has 0 spiro atoms. The van der Waals surface area contributed by atoms with Gasteiger partial charge in [0.15, 0.2) is 6.23 Å². The van der Waals surface area contributed by atoms with Crippen LogP contribution in [0.25, 0.3) is 5.57 Å². The molecule has 0 radical (unpaired) electrons. The maximum Gasteiger partial charge on any atom is 0.255 e. The van der Waals surface area contributed by atoms with Crippen LogP contribution in [0.1, 0.15) is 22.3 Å². The van der Waals surface area contributed by atoms with Gasteiger partial charge in [-0.1, -0.05) is 0 Å². The van der Waals surface area contributed by atoms with Crippen LogP contribution in [0.15, 0.2) is 66.8 Å². The van der Waals surface area contributed by atoms with Crippen LogP contribution in [0.2, 0.25) is 0 Å². The molecule has 1 aliphatic rings. The van der Waals surface area contributed by atoms with Gasteiger partial charge in [0.2, 0.25) is 0 Å². The fourth-order valence-corrected chi connectivity index (χ4v) is 2.93. The number of benzene rings is 1. The summed E-state index contributed by atoms with van der Waals surface area (Å²) in [5.41, 5.74) is 3.69. The van der Waals surface area contributed by atoms with Gasteiger partial charge >= 0.3 is 0 Å². The van der Waals surface area contributed by atoms with Crippen molar-refractivity contribution in [3.05, 3.63) is 77.9 Å². The fourth-order valence-electron chi connectivity index (χ4n) is 2.93. The van der Waals surface area contributed by atoms with Crippen molar-refractivity contribution in [2.24, 2.45) is 0 Å². The Bertz CT molecular complexity index is 876. The summed E-state index contributed by atoms with van der Waals surface area (Å²) in [4.78, 5) is 18.8. The summed E-state index contributed by atoms with van der Waals surface area (Å²) in [6, 6.07) is 11.0. The number of aliphatic hydroxyl groups is 1. The lowest BCUT2D eigenvalue weighted by Gasteiger charge is -2.22.